The van der Waals surface area contributed by atoms with Gasteiger partial charge in [0.2, 0.25) is 0 Å². The van der Waals surface area contributed by atoms with Crippen molar-refractivity contribution in [2.75, 3.05) is 0 Å². The van der Waals surface area contributed by atoms with Crippen LogP contribution in [0.3, 0.4) is 0 Å². The van der Waals surface area contributed by atoms with Gasteiger partial charge in [-0.25, -0.2) is 0 Å². The van der Waals surface area contributed by atoms with E-state index >= 15 is 0 Å². The molecule has 1 aromatic carbocycles. The summed E-state index contributed by atoms with van der Waals surface area (Å²) in [6.07, 6.45) is 3.80. The molecule has 2 rings (SSSR count). The van der Waals surface area contributed by atoms with Gasteiger partial charge in [0.1, 0.15) is 0 Å². The molecule has 0 saturated heterocycles. The van der Waals surface area contributed by atoms with Crippen LogP contribution in [0.5, 0.6) is 0 Å². The standard InChI is InChI=1S/C16H25BrOSi/c1-16(2,3)19(4,5)18-15-9-7-12-10-14(17)8-6-13(12)11-15/h6,8,10,15H,7,9,11H2,1-5H3. The van der Waals surface area contributed by atoms with Crippen molar-refractivity contribution in [3.05, 3.63) is 33.8 Å². The summed E-state index contributed by atoms with van der Waals surface area (Å²) in [5.74, 6) is 0. The molecular weight excluding hydrogens is 316 g/mol. The van der Waals surface area contributed by atoms with Crippen LogP contribution in [0.4, 0.5) is 0 Å². The SMILES string of the molecule is CC(C)(C)[Si](C)(C)OC1CCc2cc(Br)ccc2C1. The molecule has 1 aliphatic carbocycles. The van der Waals surface area contributed by atoms with E-state index in [1.807, 2.05) is 0 Å². The molecule has 106 valence electrons. The molecule has 0 amide bonds. The average Bonchev–Trinajstić information content (AvgIpc) is 2.27. The minimum absolute atomic E-state index is 0.299. The summed E-state index contributed by atoms with van der Waals surface area (Å²) in [7, 11) is -1.63. The quantitative estimate of drug-likeness (QED) is 0.661. The van der Waals surface area contributed by atoms with Crippen LogP contribution in [0.2, 0.25) is 18.1 Å². The molecule has 1 atom stereocenters. The van der Waals surface area contributed by atoms with Crippen LogP contribution in [-0.2, 0) is 17.3 Å². The Morgan fingerprint density at radius 2 is 1.89 bits per heavy atom. The molecule has 0 bridgehead atoms. The van der Waals surface area contributed by atoms with Gasteiger partial charge >= 0.3 is 0 Å². The summed E-state index contributed by atoms with van der Waals surface area (Å²) in [5.41, 5.74) is 2.96. The van der Waals surface area contributed by atoms with Crippen molar-refractivity contribution in [2.45, 2.75) is 64.3 Å². The van der Waals surface area contributed by atoms with Gasteiger partial charge in [0.25, 0.3) is 0 Å². The largest absolute Gasteiger partial charge is 0.414 e. The topological polar surface area (TPSA) is 9.23 Å². The Hall–Kier alpha value is -0.123. The first-order valence-electron chi connectivity index (χ1n) is 7.14. The molecule has 1 aliphatic rings. The van der Waals surface area contributed by atoms with Gasteiger partial charge in [0.15, 0.2) is 8.32 Å². The molecular formula is C16H25BrOSi. The number of aryl methyl sites for hydroxylation is 1. The van der Waals surface area contributed by atoms with Gasteiger partial charge in [-0.3, -0.25) is 0 Å². The van der Waals surface area contributed by atoms with Gasteiger partial charge in [-0.15, -0.1) is 0 Å². The smallest absolute Gasteiger partial charge is 0.192 e. The average molecular weight is 341 g/mol. The second-order valence-corrected chi connectivity index (χ2v) is 12.8. The lowest BCUT2D eigenvalue weighted by atomic mass is 9.90. The van der Waals surface area contributed by atoms with Crippen LogP contribution >= 0.6 is 15.9 Å². The van der Waals surface area contributed by atoms with E-state index in [1.165, 1.54) is 15.6 Å². The van der Waals surface area contributed by atoms with Crippen LogP contribution in [0.15, 0.2) is 22.7 Å². The Labute approximate surface area is 127 Å². The molecule has 3 heteroatoms. The minimum atomic E-state index is -1.63. The predicted octanol–water partition coefficient (Wildman–Crippen LogP) is 5.33. The summed E-state index contributed by atoms with van der Waals surface area (Å²) in [4.78, 5) is 0. The number of halogens is 1. The zero-order valence-electron chi connectivity index (χ0n) is 12.7. The van der Waals surface area contributed by atoms with Gasteiger partial charge in [-0.1, -0.05) is 42.8 Å². The fraction of sp³-hybridized carbons (Fsp3) is 0.625. The highest BCUT2D eigenvalue weighted by molar-refractivity contribution is 9.10. The zero-order chi connectivity index (χ0) is 14.3. The number of hydrogen-bond donors (Lipinski definition) is 0. The first kappa shape index (κ1) is 15.3. The number of hydrogen-bond acceptors (Lipinski definition) is 1. The Bertz CT molecular complexity index is 462. The maximum atomic E-state index is 6.56. The molecule has 1 aromatic rings. The molecule has 0 spiro atoms. The molecule has 0 aromatic heterocycles. The lowest BCUT2D eigenvalue weighted by molar-refractivity contribution is 0.165. The zero-order valence-corrected chi connectivity index (χ0v) is 15.3. The second-order valence-electron chi connectivity index (χ2n) is 7.16. The highest BCUT2D eigenvalue weighted by Crippen LogP contribution is 2.39. The fourth-order valence-corrected chi connectivity index (χ4v) is 4.18. The van der Waals surface area contributed by atoms with Crippen molar-refractivity contribution in [3.8, 4) is 0 Å². The van der Waals surface area contributed by atoms with Gasteiger partial charge in [-0.05, 0) is 60.7 Å². The molecule has 19 heavy (non-hydrogen) atoms. The van der Waals surface area contributed by atoms with E-state index < -0.39 is 8.32 Å². The third kappa shape index (κ3) is 3.50. The summed E-state index contributed by atoms with van der Waals surface area (Å²) >= 11 is 3.56. The third-order valence-electron chi connectivity index (χ3n) is 4.62. The molecule has 0 N–H and O–H groups in total. The fourth-order valence-electron chi connectivity index (χ4n) is 2.38. The van der Waals surface area contributed by atoms with Gasteiger partial charge in [-0.2, -0.15) is 0 Å². The van der Waals surface area contributed by atoms with E-state index in [1.54, 1.807) is 0 Å². The Balaban J connectivity index is 2.09. The Kier molecular flexibility index (Phi) is 4.29. The Morgan fingerprint density at radius 3 is 2.53 bits per heavy atom. The molecule has 1 nitrogen and oxygen atoms in total. The molecule has 0 heterocycles. The van der Waals surface area contributed by atoms with Crippen LogP contribution < -0.4 is 0 Å². The summed E-state index contributed by atoms with van der Waals surface area (Å²) < 4.78 is 7.75. The van der Waals surface area contributed by atoms with Gasteiger partial charge in [0.05, 0.1) is 0 Å². The van der Waals surface area contributed by atoms with Crippen LogP contribution in [-0.4, -0.2) is 14.4 Å². The molecule has 0 aliphatic heterocycles. The van der Waals surface area contributed by atoms with Crippen LogP contribution in [0.1, 0.15) is 38.3 Å². The van der Waals surface area contributed by atoms with E-state index in [4.69, 9.17) is 4.43 Å². The molecule has 1 unspecified atom stereocenters. The van der Waals surface area contributed by atoms with Crippen LogP contribution in [0, 0.1) is 0 Å². The summed E-state index contributed by atoms with van der Waals surface area (Å²) in [5, 5.41) is 0.299. The lowest BCUT2D eigenvalue weighted by Gasteiger charge is -2.40. The monoisotopic (exact) mass is 340 g/mol. The van der Waals surface area contributed by atoms with Crippen molar-refractivity contribution in [2.24, 2.45) is 0 Å². The van der Waals surface area contributed by atoms with E-state index in [0.29, 0.717) is 11.1 Å². The van der Waals surface area contributed by atoms with Gasteiger partial charge in [0, 0.05) is 10.6 Å². The maximum absolute atomic E-state index is 6.56. The second kappa shape index (κ2) is 5.34. The van der Waals surface area contributed by atoms with Crippen molar-refractivity contribution >= 4 is 24.2 Å². The van der Waals surface area contributed by atoms with Gasteiger partial charge < -0.3 is 4.43 Å². The summed E-state index contributed by atoms with van der Waals surface area (Å²) in [6.45, 7) is 11.6. The molecule has 0 fully saturated rings. The van der Waals surface area contributed by atoms with Crippen LogP contribution in [0.25, 0.3) is 0 Å². The first-order chi connectivity index (χ1) is 8.69. The normalized spacial score (nSPS) is 20.2. The minimum Gasteiger partial charge on any atom is -0.414 e. The molecule has 0 saturated carbocycles. The predicted molar refractivity (Wildman–Crippen MR) is 88.2 cm³/mol. The van der Waals surface area contributed by atoms with E-state index in [9.17, 15) is 0 Å². The molecule has 0 radical (unpaired) electrons. The van der Waals surface area contributed by atoms with E-state index in [0.717, 1.165) is 19.3 Å². The highest BCUT2D eigenvalue weighted by Gasteiger charge is 2.39. The van der Waals surface area contributed by atoms with E-state index in [-0.39, 0.29) is 0 Å². The number of fused-ring (bicyclic) bond motifs is 1. The van der Waals surface area contributed by atoms with E-state index in [2.05, 4.69) is 68.0 Å². The maximum Gasteiger partial charge on any atom is 0.192 e. The van der Waals surface area contributed by atoms with Crippen molar-refractivity contribution in [1.29, 1.82) is 0 Å². The van der Waals surface area contributed by atoms with Crippen molar-refractivity contribution in [1.82, 2.24) is 0 Å². The third-order valence-corrected chi connectivity index (χ3v) is 9.65. The first-order valence-corrected chi connectivity index (χ1v) is 10.8. The summed E-state index contributed by atoms with van der Waals surface area (Å²) in [6, 6.07) is 6.66. The number of rotatable bonds is 2. The van der Waals surface area contributed by atoms with Crippen molar-refractivity contribution < 1.29 is 4.43 Å². The van der Waals surface area contributed by atoms with Crippen molar-refractivity contribution in [3.63, 3.8) is 0 Å². The highest BCUT2D eigenvalue weighted by atomic mass is 79.9. The lowest BCUT2D eigenvalue weighted by Crippen LogP contribution is -2.45. The number of benzene rings is 1. The Morgan fingerprint density at radius 1 is 1.21 bits per heavy atom.